The molecule has 3 heteroatoms. The van der Waals surface area contributed by atoms with Gasteiger partial charge in [0.1, 0.15) is 0 Å². The number of ether oxygens (including phenoxy) is 3. The van der Waals surface area contributed by atoms with Crippen LogP contribution in [0.4, 0.5) is 0 Å². The second-order valence-corrected chi connectivity index (χ2v) is 4.61. The van der Waals surface area contributed by atoms with Crippen LogP contribution in [0.1, 0.15) is 33.6 Å². The molecule has 0 aromatic heterocycles. The minimum atomic E-state index is -0.230. The Balaban J connectivity index is 2.30. The predicted molar refractivity (Wildman–Crippen MR) is 68.9 cm³/mol. The van der Waals surface area contributed by atoms with Crippen LogP contribution in [0.2, 0.25) is 0 Å². The summed E-state index contributed by atoms with van der Waals surface area (Å²) < 4.78 is 16.9. The average molecular weight is 242 g/mol. The third-order valence-electron chi connectivity index (χ3n) is 3.20. The molecule has 0 aliphatic heterocycles. The summed E-state index contributed by atoms with van der Waals surface area (Å²) in [5, 5.41) is 0. The number of hydrogen-bond donors (Lipinski definition) is 0. The molecule has 3 atom stereocenters. The van der Waals surface area contributed by atoms with Gasteiger partial charge in [0.15, 0.2) is 6.29 Å². The van der Waals surface area contributed by atoms with Gasteiger partial charge in [0.25, 0.3) is 0 Å². The molecule has 0 radical (unpaired) electrons. The SMILES string of the molecule is C=CCC(OCC(OCC)OCC)[C@@H]1C[C@H]1C. The highest BCUT2D eigenvalue weighted by atomic mass is 16.7. The normalized spacial score (nSPS) is 24.9. The molecule has 1 aliphatic rings. The van der Waals surface area contributed by atoms with E-state index in [2.05, 4.69) is 13.5 Å². The maximum atomic E-state index is 5.92. The van der Waals surface area contributed by atoms with E-state index in [0.717, 1.165) is 12.3 Å². The summed E-state index contributed by atoms with van der Waals surface area (Å²) in [7, 11) is 0. The minimum Gasteiger partial charge on any atom is -0.372 e. The van der Waals surface area contributed by atoms with Crippen molar-refractivity contribution in [1.82, 2.24) is 0 Å². The van der Waals surface area contributed by atoms with E-state index >= 15 is 0 Å². The Bertz CT molecular complexity index is 212. The molecule has 0 saturated heterocycles. The molecule has 1 unspecified atom stereocenters. The molecule has 0 N–H and O–H groups in total. The third kappa shape index (κ3) is 5.19. The molecule has 1 aliphatic carbocycles. The van der Waals surface area contributed by atoms with Gasteiger partial charge < -0.3 is 14.2 Å². The van der Waals surface area contributed by atoms with E-state index in [4.69, 9.17) is 14.2 Å². The fourth-order valence-electron chi connectivity index (χ4n) is 2.12. The Hall–Kier alpha value is -0.380. The van der Waals surface area contributed by atoms with Crippen LogP contribution in [-0.2, 0) is 14.2 Å². The van der Waals surface area contributed by atoms with Crippen molar-refractivity contribution >= 4 is 0 Å². The molecule has 0 aromatic rings. The van der Waals surface area contributed by atoms with Gasteiger partial charge in [0.05, 0.1) is 12.7 Å². The van der Waals surface area contributed by atoms with E-state index in [-0.39, 0.29) is 12.4 Å². The zero-order valence-corrected chi connectivity index (χ0v) is 11.4. The van der Waals surface area contributed by atoms with Crippen LogP contribution >= 0.6 is 0 Å². The zero-order chi connectivity index (χ0) is 12.7. The van der Waals surface area contributed by atoms with Crippen molar-refractivity contribution in [2.24, 2.45) is 11.8 Å². The molecule has 17 heavy (non-hydrogen) atoms. The lowest BCUT2D eigenvalue weighted by Gasteiger charge is -2.21. The fraction of sp³-hybridized carbons (Fsp3) is 0.857. The highest BCUT2D eigenvalue weighted by Gasteiger charge is 2.39. The lowest BCUT2D eigenvalue weighted by atomic mass is 10.1. The number of hydrogen-bond acceptors (Lipinski definition) is 3. The fourth-order valence-corrected chi connectivity index (χ4v) is 2.12. The maximum absolute atomic E-state index is 5.92. The molecular formula is C14H26O3. The van der Waals surface area contributed by atoms with E-state index in [9.17, 15) is 0 Å². The molecule has 0 bridgehead atoms. The Morgan fingerprint density at radius 1 is 1.24 bits per heavy atom. The van der Waals surface area contributed by atoms with Gasteiger partial charge in [-0.05, 0) is 38.5 Å². The minimum absolute atomic E-state index is 0.230. The molecule has 0 heterocycles. The van der Waals surface area contributed by atoms with Crippen molar-refractivity contribution in [3.05, 3.63) is 12.7 Å². The molecule has 100 valence electrons. The predicted octanol–water partition coefficient (Wildman–Crippen LogP) is 3.00. The Morgan fingerprint density at radius 2 is 1.82 bits per heavy atom. The Kier molecular flexibility index (Phi) is 6.78. The summed E-state index contributed by atoms with van der Waals surface area (Å²) in [6.07, 6.45) is 4.18. The van der Waals surface area contributed by atoms with E-state index < -0.39 is 0 Å². The topological polar surface area (TPSA) is 27.7 Å². The zero-order valence-electron chi connectivity index (χ0n) is 11.4. The average Bonchev–Trinajstić information content (AvgIpc) is 3.02. The summed E-state index contributed by atoms with van der Waals surface area (Å²) >= 11 is 0. The standard InChI is InChI=1S/C14H26O3/c1-5-8-13(12-9-11(12)4)17-10-14(15-6-2)16-7-3/h5,11-14H,1,6-10H2,2-4H3/t11-,12-,13?/m1/s1. The van der Waals surface area contributed by atoms with Gasteiger partial charge in [-0.1, -0.05) is 13.0 Å². The van der Waals surface area contributed by atoms with Gasteiger partial charge >= 0.3 is 0 Å². The first-order valence-corrected chi connectivity index (χ1v) is 6.68. The van der Waals surface area contributed by atoms with E-state index in [1.807, 2.05) is 19.9 Å². The van der Waals surface area contributed by atoms with Crippen molar-refractivity contribution in [3.8, 4) is 0 Å². The van der Waals surface area contributed by atoms with Gasteiger partial charge in [-0.3, -0.25) is 0 Å². The van der Waals surface area contributed by atoms with Gasteiger partial charge in [0.2, 0.25) is 0 Å². The van der Waals surface area contributed by atoms with Crippen LogP contribution < -0.4 is 0 Å². The van der Waals surface area contributed by atoms with E-state index in [0.29, 0.717) is 25.7 Å². The Labute approximate surface area is 105 Å². The van der Waals surface area contributed by atoms with Crippen molar-refractivity contribution in [2.45, 2.75) is 46.0 Å². The van der Waals surface area contributed by atoms with Crippen molar-refractivity contribution in [1.29, 1.82) is 0 Å². The van der Waals surface area contributed by atoms with Crippen LogP contribution in [0.5, 0.6) is 0 Å². The van der Waals surface area contributed by atoms with E-state index in [1.165, 1.54) is 6.42 Å². The molecule has 1 rings (SSSR count). The highest BCUT2D eigenvalue weighted by Crippen LogP contribution is 2.43. The summed E-state index contributed by atoms with van der Waals surface area (Å²) in [6, 6.07) is 0. The van der Waals surface area contributed by atoms with Crippen LogP contribution in [0.3, 0.4) is 0 Å². The highest BCUT2D eigenvalue weighted by molar-refractivity contribution is 4.92. The lowest BCUT2D eigenvalue weighted by molar-refractivity contribution is -0.177. The second-order valence-electron chi connectivity index (χ2n) is 4.61. The quantitative estimate of drug-likeness (QED) is 0.435. The van der Waals surface area contributed by atoms with Crippen LogP contribution in [0, 0.1) is 11.8 Å². The van der Waals surface area contributed by atoms with Crippen LogP contribution in [0.25, 0.3) is 0 Å². The molecule has 0 aromatic carbocycles. The monoisotopic (exact) mass is 242 g/mol. The van der Waals surface area contributed by atoms with Crippen molar-refractivity contribution in [3.63, 3.8) is 0 Å². The van der Waals surface area contributed by atoms with Crippen molar-refractivity contribution in [2.75, 3.05) is 19.8 Å². The summed E-state index contributed by atoms with van der Waals surface area (Å²) in [5.41, 5.74) is 0. The first-order valence-electron chi connectivity index (χ1n) is 6.68. The van der Waals surface area contributed by atoms with E-state index in [1.54, 1.807) is 0 Å². The molecule has 1 saturated carbocycles. The summed E-state index contributed by atoms with van der Waals surface area (Å²) in [5.74, 6) is 1.48. The molecular weight excluding hydrogens is 216 g/mol. The maximum Gasteiger partial charge on any atom is 0.180 e. The van der Waals surface area contributed by atoms with Crippen molar-refractivity contribution < 1.29 is 14.2 Å². The summed E-state index contributed by atoms with van der Waals surface area (Å²) in [4.78, 5) is 0. The molecule has 3 nitrogen and oxygen atoms in total. The molecule has 0 amide bonds. The lowest BCUT2D eigenvalue weighted by Crippen LogP contribution is -2.28. The first kappa shape index (κ1) is 14.7. The smallest absolute Gasteiger partial charge is 0.180 e. The Morgan fingerprint density at radius 3 is 2.24 bits per heavy atom. The van der Waals surface area contributed by atoms with Gasteiger partial charge in [-0.25, -0.2) is 0 Å². The largest absolute Gasteiger partial charge is 0.372 e. The first-order chi connectivity index (χ1) is 8.22. The van der Waals surface area contributed by atoms with Crippen LogP contribution in [0.15, 0.2) is 12.7 Å². The number of rotatable bonds is 10. The van der Waals surface area contributed by atoms with Gasteiger partial charge in [-0.2, -0.15) is 0 Å². The molecule has 1 fully saturated rings. The van der Waals surface area contributed by atoms with Gasteiger partial charge in [-0.15, -0.1) is 6.58 Å². The third-order valence-corrected chi connectivity index (χ3v) is 3.20. The van der Waals surface area contributed by atoms with Crippen LogP contribution in [-0.4, -0.2) is 32.2 Å². The second kappa shape index (κ2) is 7.85. The molecule has 0 spiro atoms. The summed E-state index contributed by atoms with van der Waals surface area (Å²) in [6.45, 7) is 11.8. The van der Waals surface area contributed by atoms with Gasteiger partial charge in [0, 0.05) is 13.2 Å².